The molecule has 3 N–H and O–H groups in total. The Morgan fingerprint density at radius 3 is 2.42 bits per heavy atom. The van der Waals surface area contributed by atoms with Gasteiger partial charge in [-0.15, -0.1) is 0 Å². The van der Waals surface area contributed by atoms with E-state index in [1.54, 1.807) is 42.5 Å². The Balaban J connectivity index is 1.34. The summed E-state index contributed by atoms with van der Waals surface area (Å²) in [4.78, 5) is 24.5. The molecular weight excluding hydrogens is 530 g/mol. The van der Waals surface area contributed by atoms with Crippen LogP contribution in [0.1, 0.15) is 38.3 Å². The van der Waals surface area contributed by atoms with E-state index in [2.05, 4.69) is 22.5 Å². The molecular formula is C29H33N5O5S. The van der Waals surface area contributed by atoms with E-state index >= 15 is 0 Å². The van der Waals surface area contributed by atoms with E-state index in [9.17, 15) is 18.3 Å². The van der Waals surface area contributed by atoms with Gasteiger partial charge in [-0.25, -0.2) is 23.2 Å². The first-order valence-electron chi connectivity index (χ1n) is 13.6. The second-order valence-electron chi connectivity index (χ2n) is 11.0. The summed E-state index contributed by atoms with van der Waals surface area (Å²) in [6.45, 7) is 3.73. The van der Waals surface area contributed by atoms with Crippen LogP contribution >= 0.6 is 0 Å². The van der Waals surface area contributed by atoms with Gasteiger partial charge in [-0.3, -0.25) is 0 Å². The van der Waals surface area contributed by atoms with E-state index in [0.29, 0.717) is 61.2 Å². The second kappa shape index (κ2) is 10.1. The Labute approximate surface area is 233 Å². The zero-order chi connectivity index (χ0) is 28.0. The number of amides is 2. The molecule has 1 aromatic heterocycles. The molecule has 1 aliphatic heterocycles. The minimum atomic E-state index is -3.68. The zero-order valence-corrected chi connectivity index (χ0v) is 23.2. The number of aliphatic hydroxyl groups excluding tert-OH is 1. The molecule has 2 aliphatic carbocycles. The third-order valence-corrected chi connectivity index (χ3v) is 10.6. The number of benzene rings is 2. The highest BCUT2D eigenvalue weighted by Crippen LogP contribution is 2.55. The van der Waals surface area contributed by atoms with Crippen LogP contribution in [-0.4, -0.2) is 67.5 Å². The van der Waals surface area contributed by atoms with E-state index in [1.807, 2.05) is 18.2 Å². The molecule has 11 heteroatoms. The number of nitrogens with zero attached hydrogens (tertiary/aromatic N) is 3. The van der Waals surface area contributed by atoms with E-state index in [0.717, 1.165) is 12.8 Å². The lowest BCUT2D eigenvalue weighted by atomic mass is 10.1. The number of carbonyl (C=O) groups excluding carboxylic acids is 1. The van der Waals surface area contributed by atoms with Crippen LogP contribution in [0.3, 0.4) is 0 Å². The highest BCUT2D eigenvalue weighted by atomic mass is 32.2. The second-order valence-corrected chi connectivity index (χ2v) is 13.2. The molecule has 1 saturated heterocycles. The predicted molar refractivity (Wildman–Crippen MR) is 151 cm³/mol. The van der Waals surface area contributed by atoms with E-state index in [-0.39, 0.29) is 23.6 Å². The van der Waals surface area contributed by atoms with Gasteiger partial charge in [-0.1, -0.05) is 18.2 Å². The SMILES string of the molecule is C[C@H]1COCCN1c1cc(C2(S(=O)(=O)c3ccccc3)CC2)nc(-c2ccc(NC(=O)NC3(CO)CC3)cc2)n1. The number of morpholine rings is 1. The molecule has 40 heavy (non-hydrogen) atoms. The number of rotatable bonds is 8. The summed E-state index contributed by atoms with van der Waals surface area (Å²) >= 11 is 0. The summed E-state index contributed by atoms with van der Waals surface area (Å²) in [6.07, 6.45) is 2.50. The Kier molecular flexibility index (Phi) is 6.76. The molecule has 3 aromatic rings. The molecule has 0 spiro atoms. The molecule has 2 aromatic carbocycles. The van der Waals surface area contributed by atoms with Crippen molar-refractivity contribution in [3.05, 3.63) is 66.4 Å². The summed E-state index contributed by atoms with van der Waals surface area (Å²) in [5, 5.41) is 15.1. The van der Waals surface area contributed by atoms with Gasteiger partial charge < -0.3 is 25.4 Å². The molecule has 3 aliphatic rings. The van der Waals surface area contributed by atoms with Crippen LogP contribution in [0.5, 0.6) is 0 Å². The molecule has 0 radical (unpaired) electrons. The van der Waals surface area contributed by atoms with Crippen molar-refractivity contribution in [2.75, 3.05) is 36.6 Å². The van der Waals surface area contributed by atoms with Crippen LogP contribution in [0.15, 0.2) is 65.6 Å². The number of ether oxygens (including phenoxy) is 1. The van der Waals surface area contributed by atoms with Gasteiger partial charge in [0.25, 0.3) is 0 Å². The molecule has 3 fully saturated rings. The molecule has 1 atom stereocenters. The fourth-order valence-electron chi connectivity index (χ4n) is 5.19. The van der Waals surface area contributed by atoms with Crippen LogP contribution in [0.25, 0.3) is 11.4 Å². The summed E-state index contributed by atoms with van der Waals surface area (Å²) in [6, 6.07) is 17.2. The van der Waals surface area contributed by atoms with Crippen LogP contribution < -0.4 is 15.5 Å². The minimum absolute atomic E-state index is 0.0732. The fourth-order valence-corrected chi connectivity index (χ4v) is 7.18. The number of aliphatic hydroxyl groups is 1. The molecule has 2 amide bonds. The highest BCUT2D eigenvalue weighted by molar-refractivity contribution is 7.92. The third-order valence-electron chi connectivity index (χ3n) is 8.05. The smallest absolute Gasteiger partial charge is 0.319 e. The van der Waals surface area contributed by atoms with Gasteiger partial charge in [0, 0.05) is 23.9 Å². The first-order valence-corrected chi connectivity index (χ1v) is 15.1. The number of aromatic nitrogens is 2. The molecule has 210 valence electrons. The summed E-state index contributed by atoms with van der Waals surface area (Å²) in [5.74, 6) is 1.10. The molecule has 0 unspecified atom stereocenters. The molecule has 2 heterocycles. The van der Waals surface area contributed by atoms with Gasteiger partial charge in [-0.2, -0.15) is 0 Å². The van der Waals surface area contributed by atoms with Crippen LogP contribution in [-0.2, 0) is 19.3 Å². The van der Waals surface area contributed by atoms with Crippen molar-refractivity contribution in [1.29, 1.82) is 0 Å². The van der Waals surface area contributed by atoms with Gasteiger partial charge in [0.2, 0.25) is 0 Å². The summed E-state index contributed by atoms with van der Waals surface area (Å²) in [7, 11) is -3.68. The number of nitrogens with one attached hydrogen (secondary N) is 2. The Morgan fingerprint density at radius 1 is 1.07 bits per heavy atom. The maximum Gasteiger partial charge on any atom is 0.319 e. The maximum atomic E-state index is 13.8. The standard InChI is InChI=1S/C29H33N5O5S/c1-20-18-39-16-15-34(20)25-17-24(29(13-14-29)40(37,38)23-5-3-2-4-6-23)31-26(32-25)21-7-9-22(10-8-21)30-27(36)33-28(19-35)11-12-28/h2-10,17,20,35H,11-16,18-19H2,1H3,(H2,30,33,36)/t20-/m0/s1. The quantitative estimate of drug-likeness (QED) is 0.379. The Morgan fingerprint density at radius 2 is 1.80 bits per heavy atom. The first kappa shape index (κ1) is 26.7. The van der Waals surface area contributed by atoms with Crippen molar-refractivity contribution in [2.24, 2.45) is 0 Å². The number of urea groups is 1. The number of hydrogen-bond acceptors (Lipinski definition) is 8. The van der Waals surface area contributed by atoms with Crippen LogP contribution in [0.2, 0.25) is 0 Å². The van der Waals surface area contributed by atoms with Crippen molar-refractivity contribution >= 4 is 27.4 Å². The summed E-state index contributed by atoms with van der Waals surface area (Å²) < 4.78 is 32.2. The normalized spacial score (nSPS) is 20.9. The lowest BCUT2D eigenvalue weighted by Crippen LogP contribution is -2.44. The summed E-state index contributed by atoms with van der Waals surface area (Å²) in [5.41, 5.74) is 1.27. The van der Waals surface area contributed by atoms with Crippen molar-refractivity contribution in [1.82, 2.24) is 15.3 Å². The largest absolute Gasteiger partial charge is 0.394 e. The topological polar surface area (TPSA) is 134 Å². The predicted octanol–water partition coefficient (Wildman–Crippen LogP) is 3.48. The van der Waals surface area contributed by atoms with E-state index < -0.39 is 20.1 Å². The minimum Gasteiger partial charge on any atom is -0.394 e. The fraction of sp³-hybridized carbons (Fsp3) is 0.414. The molecule has 10 nitrogen and oxygen atoms in total. The van der Waals surface area contributed by atoms with E-state index in [1.165, 1.54) is 0 Å². The monoisotopic (exact) mass is 563 g/mol. The zero-order valence-electron chi connectivity index (χ0n) is 22.3. The van der Waals surface area contributed by atoms with Gasteiger partial charge in [0.1, 0.15) is 10.6 Å². The molecule has 0 bridgehead atoms. The number of sulfone groups is 1. The van der Waals surface area contributed by atoms with Crippen molar-refractivity contribution < 1.29 is 23.1 Å². The number of anilines is 2. The lowest BCUT2D eigenvalue weighted by molar-refractivity contribution is 0.0985. The third kappa shape index (κ3) is 4.93. The lowest BCUT2D eigenvalue weighted by Gasteiger charge is -2.34. The van der Waals surface area contributed by atoms with Crippen molar-refractivity contribution in [2.45, 2.75) is 53.8 Å². The van der Waals surface area contributed by atoms with Crippen molar-refractivity contribution in [3.8, 4) is 11.4 Å². The van der Waals surface area contributed by atoms with Gasteiger partial charge in [0.05, 0.1) is 42.0 Å². The number of carbonyl (C=O) groups is 1. The molecule has 6 rings (SSSR count). The van der Waals surface area contributed by atoms with Gasteiger partial charge in [-0.05, 0) is 69.0 Å². The average molecular weight is 564 g/mol. The Bertz CT molecular complexity index is 1510. The van der Waals surface area contributed by atoms with Crippen LogP contribution in [0, 0.1) is 0 Å². The van der Waals surface area contributed by atoms with Crippen molar-refractivity contribution in [3.63, 3.8) is 0 Å². The Hall–Kier alpha value is -3.54. The average Bonchev–Trinajstić information content (AvgIpc) is 3.90. The van der Waals surface area contributed by atoms with E-state index in [4.69, 9.17) is 14.7 Å². The first-order chi connectivity index (χ1) is 19.3. The van der Waals surface area contributed by atoms with Gasteiger partial charge >= 0.3 is 6.03 Å². The van der Waals surface area contributed by atoms with Crippen LogP contribution in [0.4, 0.5) is 16.3 Å². The molecule has 2 saturated carbocycles. The highest BCUT2D eigenvalue weighted by Gasteiger charge is 2.58. The number of hydrogen-bond donors (Lipinski definition) is 3. The van der Waals surface area contributed by atoms with Gasteiger partial charge in [0.15, 0.2) is 15.7 Å². The maximum absolute atomic E-state index is 13.8.